The molecule has 2 aromatic carbocycles. The molecule has 1 aromatic heterocycles. The molecule has 3 rings (SSSR count). The molecule has 0 unspecified atom stereocenters. The van der Waals surface area contributed by atoms with Crippen molar-refractivity contribution in [3.63, 3.8) is 0 Å². The third kappa shape index (κ3) is 3.15. The SMILES string of the molecule is CNc1nc(Nc2cccc(F)c2C#N)cc(-c2ccccc2)n1. The molecule has 0 aliphatic carbocycles. The minimum absolute atomic E-state index is 0.0524. The van der Waals surface area contributed by atoms with E-state index in [9.17, 15) is 4.39 Å². The molecule has 1 heterocycles. The fourth-order valence-corrected chi connectivity index (χ4v) is 2.26. The lowest BCUT2D eigenvalue weighted by Crippen LogP contribution is -2.03. The third-order valence-electron chi connectivity index (χ3n) is 3.41. The van der Waals surface area contributed by atoms with Crippen LogP contribution >= 0.6 is 0 Å². The predicted octanol–water partition coefficient (Wildman–Crippen LogP) is 3.94. The van der Waals surface area contributed by atoms with Crippen molar-refractivity contribution in [2.45, 2.75) is 0 Å². The van der Waals surface area contributed by atoms with Gasteiger partial charge in [0.25, 0.3) is 0 Å². The van der Waals surface area contributed by atoms with Crippen molar-refractivity contribution in [2.24, 2.45) is 0 Å². The lowest BCUT2D eigenvalue weighted by molar-refractivity contribution is 0.624. The summed E-state index contributed by atoms with van der Waals surface area (Å²) in [6, 6.07) is 17.7. The van der Waals surface area contributed by atoms with E-state index < -0.39 is 5.82 Å². The normalized spacial score (nSPS) is 10.0. The Morgan fingerprint density at radius 3 is 2.54 bits per heavy atom. The van der Waals surface area contributed by atoms with Crippen molar-refractivity contribution in [2.75, 3.05) is 17.7 Å². The Hall–Kier alpha value is -3.46. The molecule has 0 aliphatic rings. The van der Waals surface area contributed by atoms with Crippen molar-refractivity contribution in [1.82, 2.24) is 9.97 Å². The van der Waals surface area contributed by atoms with Crippen LogP contribution in [0.3, 0.4) is 0 Å². The highest BCUT2D eigenvalue weighted by molar-refractivity contribution is 5.70. The van der Waals surface area contributed by atoms with Gasteiger partial charge in [-0.1, -0.05) is 36.4 Å². The summed E-state index contributed by atoms with van der Waals surface area (Å²) in [6.07, 6.45) is 0. The number of aromatic nitrogens is 2. The van der Waals surface area contributed by atoms with Crippen molar-refractivity contribution in [1.29, 1.82) is 5.26 Å². The summed E-state index contributed by atoms with van der Waals surface area (Å²) in [4.78, 5) is 8.74. The minimum atomic E-state index is -0.575. The number of nitrogens with one attached hydrogen (secondary N) is 2. The average Bonchev–Trinajstić information content (AvgIpc) is 2.62. The van der Waals surface area contributed by atoms with Crippen molar-refractivity contribution >= 4 is 17.5 Å². The summed E-state index contributed by atoms with van der Waals surface area (Å²) < 4.78 is 13.7. The third-order valence-corrected chi connectivity index (χ3v) is 3.41. The quantitative estimate of drug-likeness (QED) is 0.762. The van der Waals surface area contributed by atoms with E-state index >= 15 is 0 Å². The molecule has 0 radical (unpaired) electrons. The summed E-state index contributed by atoms with van der Waals surface area (Å²) in [5.74, 6) is 0.317. The molecule has 0 aliphatic heterocycles. The summed E-state index contributed by atoms with van der Waals surface area (Å²) in [7, 11) is 1.72. The predicted molar refractivity (Wildman–Crippen MR) is 91.4 cm³/mol. The average molecular weight is 319 g/mol. The number of nitriles is 1. The van der Waals surface area contributed by atoms with Gasteiger partial charge in [-0.15, -0.1) is 0 Å². The van der Waals surface area contributed by atoms with E-state index in [-0.39, 0.29) is 5.56 Å². The number of halogens is 1. The van der Waals surface area contributed by atoms with Gasteiger partial charge in [-0.05, 0) is 12.1 Å². The molecule has 0 saturated carbocycles. The van der Waals surface area contributed by atoms with Gasteiger partial charge in [0.15, 0.2) is 0 Å². The zero-order valence-electron chi connectivity index (χ0n) is 12.9. The monoisotopic (exact) mass is 319 g/mol. The van der Waals surface area contributed by atoms with Crippen LogP contribution in [0.4, 0.5) is 21.8 Å². The van der Waals surface area contributed by atoms with Crippen molar-refractivity contribution < 1.29 is 4.39 Å². The molecule has 118 valence electrons. The zero-order chi connectivity index (χ0) is 16.9. The molecule has 0 atom stereocenters. The van der Waals surface area contributed by atoms with Gasteiger partial charge in [0.1, 0.15) is 23.3 Å². The van der Waals surface area contributed by atoms with Crippen LogP contribution in [0.25, 0.3) is 11.3 Å². The van der Waals surface area contributed by atoms with E-state index in [0.717, 1.165) is 5.56 Å². The lowest BCUT2D eigenvalue weighted by atomic mass is 10.1. The van der Waals surface area contributed by atoms with E-state index in [2.05, 4.69) is 20.6 Å². The Labute approximate surface area is 138 Å². The molecule has 0 fully saturated rings. The number of nitrogens with zero attached hydrogens (tertiary/aromatic N) is 3. The number of rotatable bonds is 4. The fraction of sp³-hybridized carbons (Fsp3) is 0.0556. The fourth-order valence-electron chi connectivity index (χ4n) is 2.26. The maximum absolute atomic E-state index is 13.7. The van der Waals surface area contributed by atoms with E-state index in [0.29, 0.717) is 23.1 Å². The summed E-state index contributed by atoms with van der Waals surface area (Å²) in [6.45, 7) is 0. The molecule has 0 amide bonds. The van der Waals surface area contributed by atoms with Gasteiger partial charge in [0, 0.05) is 18.7 Å². The van der Waals surface area contributed by atoms with E-state index in [1.54, 1.807) is 19.2 Å². The Morgan fingerprint density at radius 2 is 1.83 bits per heavy atom. The van der Waals surface area contributed by atoms with Crippen LogP contribution in [-0.2, 0) is 0 Å². The Morgan fingerprint density at radius 1 is 1.04 bits per heavy atom. The first-order valence-corrected chi connectivity index (χ1v) is 7.29. The number of benzene rings is 2. The second kappa shape index (κ2) is 6.75. The molecule has 3 aromatic rings. The van der Waals surface area contributed by atoms with E-state index in [1.165, 1.54) is 12.1 Å². The molecular weight excluding hydrogens is 305 g/mol. The largest absolute Gasteiger partial charge is 0.357 e. The van der Waals surface area contributed by atoms with Gasteiger partial charge in [-0.2, -0.15) is 10.2 Å². The van der Waals surface area contributed by atoms with E-state index in [4.69, 9.17) is 5.26 Å². The first-order chi connectivity index (χ1) is 11.7. The highest BCUT2D eigenvalue weighted by Gasteiger charge is 2.11. The Bertz CT molecular complexity index is 903. The molecule has 0 spiro atoms. The standard InChI is InChI=1S/C18H14FN5/c1-21-18-23-16(12-6-3-2-4-7-12)10-17(24-18)22-15-9-5-8-14(19)13(15)11-20/h2-10H,1H3,(H2,21,22,23,24). The van der Waals surface area contributed by atoms with Gasteiger partial charge < -0.3 is 10.6 Å². The maximum atomic E-state index is 13.7. The van der Waals surface area contributed by atoms with Gasteiger partial charge in [-0.3, -0.25) is 0 Å². The minimum Gasteiger partial charge on any atom is -0.357 e. The number of anilines is 3. The van der Waals surface area contributed by atoms with Gasteiger partial charge in [0.05, 0.1) is 11.4 Å². The highest BCUT2D eigenvalue weighted by Crippen LogP contribution is 2.25. The van der Waals surface area contributed by atoms with Crippen LogP contribution in [0.1, 0.15) is 5.56 Å². The lowest BCUT2D eigenvalue weighted by Gasteiger charge is -2.11. The molecule has 2 N–H and O–H groups in total. The van der Waals surface area contributed by atoms with Gasteiger partial charge in [0.2, 0.25) is 5.95 Å². The molecule has 24 heavy (non-hydrogen) atoms. The first kappa shape index (κ1) is 15.4. The Balaban J connectivity index is 2.03. The van der Waals surface area contributed by atoms with Crippen LogP contribution in [-0.4, -0.2) is 17.0 Å². The second-order valence-corrected chi connectivity index (χ2v) is 4.98. The van der Waals surface area contributed by atoms with Crippen molar-refractivity contribution in [3.05, 3.63) is 66.0 Å². The van der Waals surface area contributed by atoms with Crippen LogP contribution in [0.5, 0.6) is 0 Å². The summed E-state index contributed by atoms with van der Waals surface area (Å²) in [5, 5.41) is 15.0. The smallest absolute Gasteiger partial charge is 0.224 e. The van der Waals surface area contributed by atoms with Gasteiger partial charge >= 0.3 is 0 Å². The second-order valence-electron chi connectivity index (χ2n) is 4.98. The summed E-state index contributed by atoms with van der Waals surface area (Å²) in [5.41, 5.74) is 1.95. The first-order valence-electron chi connectivity index (χ1n) is 7.29. The van der Waals surface area contributed by atoms with Crippen LogP contribution in [0.15, 0.2) is 54.6 Å². The molecule has 5 nitrogen and oxygen atoms in total. The number of hydrogen-bond acceptors (Lipinski definition) is 5. The zero-order valence-corrected chi connectivity index (χ0v) is 12.9. The molecular formula is C18H14FN5. The van der Waals surface area contributed by atoms with Crippen LogP contribution < -0.4 is 10.6 Å². The van der Waals surface area contributed by atoms with Crippen LogP contribution in [0, 0.1) is 17.1 Å². The number of hydrogen-bond donors (Lipinski definition) is 2. The Kier molecular flexibility index (Phi) is 4.34. The highest BCUT2D eigenvalue weighted by atomic mass is 19.1. The molecule has 6 heteroatoms. The summed E-state index contributed by atoms with van der Waals surface area (Å²) >= 11 is 0. The molecule has 0 saturated heterocycles. The van der Waals surface area contributed by atoms with Gasteiger partial charge in [-0.25, -0.2) is 9.37 Å². The molecule has 0 bridgehead atoms. The topological polar surface area (TPSA) is 73.6 Å². The van der Waals surface area contributed by atoms with E-state index in [1.807, 2.05) is 36.4 Å². The maximum Gasteiger partial charge on any atom is 0.224 e. The van der Waals surface area contributed by atoms with Crippen molar-refractivity contribution in [3.8, 4) is 17.3 Å². The van der Waals surface area contributed by atoms with Crippen LogP contribution in [0.2, 0.25) is 0 Å².